The average molecular weight is 283 g/mol. The van der Waals surface area contributed by atoms with Crippen molar-refractivity contribution in [3.8, 4) is 0 Å². The van der Waals surface area contributed by atoms with E-state index in [0.29, 0.717) is 19.2 Å². The molecule has 1 aliphatic heterocycles. The van der Waals surface area contributed by atoms with E-state index in [9.17, 15) is 24.4 Å². The van der Waals surface area contributed by atoms with Gasteiger partial charge in [0.2, 0.25) is 0 Å². The molecule has 0 aromatic heterocycles. The van der Waals surface area contributed by atoms with E-state index < -0.39 is 34.5 Å². The number of benzene rings is 1. The number of nitrogens with one attached hydrogen (secondary N) is 1. The normalized spacial score (nSPS) is 21.8. The highest BCUT2D eigenvalue weighted by atomic mass is 19.1. The van der Waals surface area contributed by atoms with Crippen molar-refractivity contribution in [1.29, 1.82) is 0 Å². The summed E-state index contributed by atoms with van der Waals surface area (Å²) >= 11 is 0. The van der Waals surface area contributed by atoms with E-state index in [1.54, 1.807) is 0 Å². The number of carbonyl (C=O) groups is 1. The summed E-state index contributed by atoms with van der Waals surface area (Å²) in [5.74, 6) is -1.40. The minimum Gasteiger partial charge on any atom is -0.390 e. The largest absolute Gasteiger partial charge is 0.390 e. The van der Waals surface area contributed by atoms with Gasteiger partial charge in [-0.15, -0.1) is 0 Å². The monoisotopic (exact) mass is 283 g/mol. The zero-order valence-corrected chi connectivity index (χ0v) is 10.7. The zero-order valence-electron chi connectivity index (χ0n) is 10.7. The Hall–Kier alpha value is -2.06. The summed E-state index contributed by atoms with van der Waals surface area (Å²) in [7, 11) is 1.45. The Kier molecular flexibility index (Phi) is 3.96. The van der Waals surface area contributed by atoms with Gasteiger partial charge in [0.05, 0.1) is 23.1 Å². The molecule has 1 heterocycles. The molecule has 8 heteroatoms. The van der Waals surface area contributed by atoms with Crippen molar-refractivity contribution < 1.29 is 19.2 Å². The summed E-state index contributed by atoms with van der Waals surface area (Å²) in [5.41, 5.74) is -0.778. The summed E-state index contributed by atoms with van der Waals surface area (Å²) in [4.78, 5) is 23.6. The van der Waals surface area contributed by atoms with Gasteiger partial charge in [0.15, 0.2) is 0 Å². The molecule has 1 fully saturated rings. The predicted octanol–water partition coefficient (Wildman–Crippen LogP) is 0.139. The number of hydrogen-bond acceptors (Lipinski definition) is 5. The number of amides is 1. The Morgan fingerprint density at radius 3 is 2.80 bits per heavy atom. The van der Waals surface area contributed by atoms with E-state index in [0.717, 1.165) is 12.1 Å². The Morgan fingerprint density at radius 2 is 2.25 bits per heavy atom. The summed E-state index contributed by atoms with van der Waals surface area (Å²) in [6.45, 7) is 0.756. The van der Waals surface area contributed by atoms with Crippen LogP contribution in [0.1, 0.15) is 10.4 Å². The van der Waals surface area contributed by atoms with Crippen LogP contribution in [0.3, 0.4) is 0 Å². The lowest BCUT2D eigenvalue weighted by atomic mass is 10.1. The van der Waals surface area contributed by atoms with Crippen LogP contribution in [0.2, 0.25) is 0 Å². The molecule has 7 nitrogen and oxygen atoms in total. The van der Waals surface area contributed by atoms with Crippen molar-refractivity contribution >= 4 is 11.6 Å². The number of nitro groups is 1. The van der Waals surface area contributed by atoms with Crippen LogP contribution in [0.15, 0.2) is 18.2 Å². The molecule has 1 amide bonds. The van der Waals surface area contributed by atoms with Gasteiger partial charge in [-0.3, -0.25) is 14.9 Å². The molecule has 108 valence electrons. The number of β-amino-alcohol motifs (C(OH)–C–C–N with tert-alkyl or cyclic N) is 1. The number of halogens is 1. The first-order valence-corrected chi connectivity index (χ1v) is 6.01. The van der Waals surface area contributed by atoms with Crippen LogP contribution in [0.5, 0.6) is 0 Å². The van der Waals surface area contributed by atoms with Crippen LogP contribution in [-0.2, 0) is 0 Å². The highest BCUT2D eigenvalue weighted by Gasteiger charge is 2.33. The molecule has 0 bridgehead atoms. The maximum absolute atomic E-state index is 13.1. The highest BCUT2D eigenvalue weighted by molar-refractivity contribution is 5.98. The Bertz CT molecular complexity index is 552. The van der Waals surface area contributed by atoms with E-state index in [-0.39, 0.29) is 5.56 Å². The smallest absolute Gasteiger partial charge is 0.285 e. The van der Waals surface area contributed by atoms with Crippen molar-refractivity contribution in [3.63, 3.8) is 0 Å². The van der Waals surface area contributed by atoms with Crippen molar-refractivity contribution in [3.05, 3.63) is 39.7 Å². The molecule has 2 rings (SSSR count). The lowest BCUT2D eigenvalue weighted by Gasteiger charge is -2.26. The van der Waals surface area contributed by atoms with Gasteiger partial charge in [-0.25, -0.2) is 4.39 Å². The Balaban J connectivity index is 2.31. The predicted molar refractivity (Wildman–Crippen MR) is 67.8 cm³/mol. The number of aliphatic hydroxyl groups is 1. The fraction of sp³-hybridized carbons (Fsp3) is 0.417. The van der Waals surface area contributed by atoms with Gasteiger partial charge in [0.1, 0.15) is 11.4 Å². The molecule has 2 N–H and O–H groups in total. The van der Waals surface area contributed by atoms with Gasteiger partial charge in [0.25, 0.3) is 11.6 Å². The summed E-state index contributed by atoms with van der Waals surface area (Å²) < 4.78 is 13.1. The molecular formula is C12H14FN3O4. The third-order valence-electron chi connectivity index (χ3n) is 3.36. The molecule has 0 saturated carbocycles. The Labute approximate surface area is 114 Å². The first-order chi connectivity index (χ1) is 9.41. The van der Waals surface area contributed by atoms with E-state index >= 15 is 0 Å². The molecule has 1 aromatic carbocycles. The molecular weight excluding hydrogens is 269 g/mol. The summed E-state index contributed by atoms with van der Waals surface area (Å²) in [6, 6.07) is 2.33. The SMILES string of the molecule is CN(C(=O)c1ccc(F)cc1[N+](=O)[O-])[C@H]1CNC[C@@H]1O. The second-order valence-corrected chi connectivity index (χ2v) is 4.63. The fourth-order valence-corrected chi connectivity index (χ4v) is 2.22. The summed E-state index contributed by atoms with van der Waals surface area (Å²) in [6.07, 6.45) is -0.733. The van der Waals surface area contributed by atoms with E-state index in [1.165, 1.54) is 11.9 Å². The van der Waals surface area contributed by atoms with Crippen molar-refractivity contribution in [2.75, 3.05) is 20.1 Å². The lowest BCUT2D eigenvalue weighted by Crippen LogP contribution is -2.44. The molecule has 0 unspecified atom stereocenters. The molecule has 1 aliphatic rings. The number of nitro benzene ring substituents is 1. The van der Waals surface area contributed by atoms with Crippen LogP contribution in [-0.4, -0.2) is 53.1 Å². The van der Waals surface area contributed by atoms with Gasteiger partial charge in [-0.2, -0.15) is 0 Å². The summed E-state index contributed by atoms with van der Waals surface area (Å²) in [5, 5.41) is 23.5. The maximum atomic E-state index is 13.1. The van der Waals surface area contributed by atoms with Crippen molar-refractivity contribution in [2.45, 2.75) is 12.1 Å². The number of rotatable bonds is 3. The molecule has 0 spiro atoms. The number of likely N-dealkylation sites (N-methyl/N-ethyl adjacent to an activating group) is 1. The lowest BCUT2D eigenvalue weighted by molar-refractivity contribution is -0.385. The van der Waals surface area contributed by atoms with E-state index in [1.807, 2.05) is 0 Å². The first-order valence-electron chi connectivity index (χ1n) is 6.01. The van der Waals surface area contributed by atoms with Crippen LogP contribution < -0.4 is 5.32 Å². The second kappa shape index (κ2) is 5.51. The maximum Gasteiger partial charge on any atom is 0.285 e. The van der Waals surface area contributed by atoms with Crippen LogP contribution in [0.25, 0.3) is 0 Å². The molecule has 20 heavy (non-hydrogen) atoms. The van der Waals surface area contributed by atoms with E-state index in [4.69, 9.17) is 0 Å². The third kappa shape index (κ3) is 2.61. The number of carbonyl (C=O) groups excluding carboxylic acids is 1. The van der Waals surface area contributed by atoms with Crippen LogP contribution in [0, 0.1) is 15.9 Å². The molecule has 0 radical (unpaired) electrons. The van der Waals surface area contributed by atoms with Crippen LogP contribution >= 0.6 is 0 Å². The second-order valence-electron chi connectivity index (χ2n) is 4.63. The standard InChI is InChI=1S/C12H14FN3O4/c1-15(10-5-14-6-11(10)17)12(18)8-3-2-7(13)4-9(8)16(19)20/h2-4,10-11,14,17H,5-6H2,1H3/t10-,11-/m0/s1. The van der Waals surface area contributed by atoms with Crippen molar-refractivity contribution in [1.82, 2.24) is 10.2 Å². The van der Waals surface area contributed by atoms with Gasteiger partial charge >= 0.3 is 0 Å². The zero-order chi connectivity index (χ0) is 14.9. The minimum absolute atomic E-state index is 0.196. The number of hydrogen-bond donors (Lipinski definition) is 2. The number of aliphatic hydroxyl groups excluding tert-OH is 1. The Morgan fingerprint density at radius 1 is 1.55 bits per heavy atom. The van der Waals surface area contributed by atoms with Gasteiger partial charge < -0.3 is 15.3 Å². The van der Waals surface area contributed by atoms with Crippen LogP contribution in [0.4, 0.5) is 10.1 Å². The van der Waals surface area contributed by atoms with Gasteiger partial charge in [0, 0.05) is 20.1 Å². The average Bonchev–Trinajstić information content (AvgIpc) is 2.83. The molecule has 1 saturated heterocycles. The number of nitrogens with zero attached hydrogens (tertiary/aromatic N) is 2. The van der Waals surface area contributed by atoms with Gasteiger partial charge in [-0.05, 0) is 12.1 Å². The van der Waals surface area contributed by atoms with Crippen molar-refractivity contribution in [2.24, 2.45) is 0 Å². The molecule has 0 aliphatic carbocycles. The highest BCUT2D eigenvalue weighted by Crippen LogP contribution is 2.22. The molecule has 1 aromatic rings. The fourth-order valence-electron chi connectivity index (χ4n) is 2.22. The topological polar surface area (TPSA) is 95.7 Å². The first kappa shape index (κ1) is 14.4. The molecule has 2 atom stereocenters. The third-order valence-corrected chi connectivity index (χ3v) is 3.36. The quantitative estimate of drug-likeness (QED) is 0.607. The van der Waals surface area contributed by atoms with E-state index in [2.05, 4.69) is 5.32 Å². The van der Waals surface area contributed by atoms with Gasteiger partial charge in [-0.1, -0.05) is 0 Å². The minimum atomic E-state index is -0.798.